The molecule has 2 atom stereocenters. The van der Waals surface area contributed by atoms with Gasteiger partial charge in [0, 0.05) is 13.0 Å². The van der Waals surface area contributed by atoms with Gasteiger partial charge in [-0.1, -0.05) is 0 Å². The van der Waals surface area contributed by atoms with Gasteiger partial charge >= 0.3 is 0 Å². The van der Waals surface area contributed by atoms with E-state index in [-0.39, 0.29) is 11.2 Å². The minimum absolute atomic E-state index is 0.00716. The molecule has 2 saturated heterocycles. The average Bonchev–Trinajstić information content (AvgIpc) is 2.47. The van der Waals surface area contributed by atoms with E-state index in [0.29, 0.717) is 6.10 Å². The van der Waals surface area contributed by atoms with Gasteiger partial charge in [0.25, 0.3) is 0 Å². The normalized spacial score (nSPS) is 39.8. The molecule has 3 heteroatoms. The second-order valence-electron chi connectivity index (χ2n) is 5.55. The fourth-order valence-electron chi connectivity index (χ4n) is 3.01. The van der Waals surface area contributed by atoms with Crippen molar-refractivity contribution in [3.8, 4) is 0 Å². The summed E-state index contributed by atoms with van der Waals surface area (Å²) in [5.41, 5.74) is 0.107. The van der Waals surface area contributed by atoms with Crippen LogP contribution in [0.2, 0.25) is 0 Å². The predicted molar refractivity (Wildman–Crippen MR) is 60.0 cm³/mol. The van der Waals surface area contributed by atoms with E-state index >= 15 is 0 Å². The highest BCUT2D eigenvalue weighted by molar-refractivity contribution is 4.96. The number of ether oxygens (including phenoxy) is 2. The Hall–Kier alpha value is -0.120. The fourth-order valence-corrected chi connectivity index (χ4v) is 3.01. The smallest absolute Gasteiger partial charge is 0.0737 e. The Morgan fingerprint density at radius 2 is 2.13 bits per heavy atom. The van der Waals surface area contributed by atoms with Gasteiger partial charge in [-0.25, -0.2) is 0 Å². The van der Waals surface area contributed by atoms with Gasteiger partial charge in [0.05, 0.1) is 23.9 Å². The first-order valence-corrected chi connectivity index (χ1v) is 6.02. The zero-order valence-electron chi connectivity index (χ0n) is 10.1. The fraction of sp³-hybridized carbons (Fsp3) is 1.00. The standard InChI is InChI=1S/C12H23NO2/c1-11(2)9-12(6-7-14-11)5-4-10(15-12)8-13-3/h10,13H,4-9H2,1-3H3/t10-,12-/m1/s1. The average molecular weight is 213 g/mol. The summed E-state index contributed by atoms with van der Waals surface area (Å²) in [6.45, 7) is 6.16. The van der Waals surface area contributed by atoms with Crippen LogP contribution in [0.25, 0.3) is 0 Å². The zero-order chi connectivity index (χ0) is 10.9. The van der Waals surface area contributed by atoms with E-state index in [9.17, 15) is 0 Å². The maximum absolute atomic E-state index is 6.22. The molecular weight excluding hydrogens is 190 g/mol. The van der Waals surface area contributed by atoms with Gasteiger partial charge in [0.15, 0.2) is 0 Å². The summed E-state index contributed by atoms with van der Waals surface area (Å²) in [6.07, 6.45) is 4.91. The topological polar surface area (TPSA) is 30.5 Å². The van der Waals surface area contributed by atoms with Crippen molar-refractivity contribution < 1.29 is 9.47 Å². The van der Waals surface area contributed by atoms with Crippen LogP contribution in [0.15, 0.2) is 0 Å². The van der Waals surface area contributed by atoms with Crippen molar-refractivity contribution in [1.29, 1.82) is 0 Å². The van der Waals surface area contributed by atoms with Crippen LogP contribution in [0.3, 0.4) is 0 Å². The second kappa shape index (κ2) is 4.04. The van der Waals surface area contributed by atoms with E-state index < -0.39 is 0 Å². The molecule has 0 aliphatic carbocycles. The Kier molecular flexibility index (Phi) is 3.06. The van der Waals surface area contributed by atoms with E-state index in [1.807, 2.05) is 7.05 Å². The molecule has 0 saturated carbocycles. The van der Waals surface area contributed by atoms with Gasteiger partial charge < -0.3 is 14.8 Å². The Morgan fingerprint density at radius 3 is 2.80 bits per heavy atom. The maximum Gasteiger partial charge on any atom is 0.0737 e. The van der Waals surface area contributed by atoms with Crippen LogP contribution in [-0.2, 0) is 9.47 Å². The molecule has 2 aliphatic rings. The summed E-state index contributed by atoms with van der Waals surface area (Å²) in [4.78, 5) is 0. The van der Waals surface area contributed by atoms with Gasteiger partial charge in [0.1, 0.15) is 0 Å². The van der Waals surface area contributed by atoms with Gasteiger partial charge in [-0.3, -0.25) is 0 Å². The second-order valence-corrected chi connectivity index (χ2v) is 5.55. The van der Waals surface area contributed by atoms with Crippen LogP contribution in [0.4, 0.5) is 0 Å². The molecule has 0 bridgehead atoms. The van der Waals surface area contributed by atoms with Crippen molar-refractivity contribution in [2.75, 3.05) is 20.2 Å². The molecule has 88 valence electrons. The first-order valence-electron chi connectivity index (χ1n) is 6.02. The highest BCUT2D eigenvalue weighted by Crippen LogP contribution is 2.43. The van der Waals surface area contributed by atoms with Crippen molar-refractivity contribution in [1.82, 2.24) is 5.32 Å². The van der Waals surface area contributed by atoms with Crippen molar-refractivity contribution in [2.24, 2.45) is 0 Å². The Balaban J connectivity index is 1.97. The van der Waals surface area contributed by atoms with E-state index in [0.717, 1.165) is 26.0 Å². The number of hydrogen-bond acceptors (Lipinski definition) is 3. The van der Waals surface area contributed by atoms with Crippen molar-refractivity contribution in [3.05, 3.63) is 0 Å². The van der Waals surface area contributed by atoms with Crippen LogP contribution in [0.5, 0.6) is 0 Å². The number of rotatable bonds is 2. The van der Waals surface area contributed by atoms with Crippen LogP contribution in [0.1, 0.15) is 39.5 Å². The van der Waals surface area contributed by atoms with Crippen LogP contribution in [-0.4, -0.2) is 37.5 Å². The third-order valence-corrected chi connectivity index (χ3v) is 3.57. The molecule has 0 aromatic rings. The minimum atomic E-state index is -0.00716. The summed E-state index contributed by atoms with van der Waals surface area (Å²) in [6, 6.07) is 0. The number of nitrogens with one attached hydrogen (secondary N) is 1. The predicted octanol–water partition coefficient (Wildman–Crippen LogP) is 1.71. The molecule has 0 radical (unpaired) electrons. The zero-order valence-corrected chi connectivity index (χ0v) is 10.1. The van der Waals surface area contributed by atoms with E-state index in [2.05, 4.69) is 19.2 Å². The molecule has 2 fully saturated rings. The molecule has 0 amide bonds. The van der Waals surface area contributed by atoms with Crippen molar-refractivity contribution in [3.63, 3.8) is 0 Å². The van der Waals surface area contributed by atoms with Gasteiger partial charge in [0.2, 0.25) is 0 Å². The molecule has 15 heavy (non-hydrogen) atoms. The lowest BCUT2D eigenvalue weighted by molar-refractivity contribution is -0.162. The summed E-state index contributed by atoms with van der Waals surface area (Å²) in [5.74, 6) is 0. The quantitative estimate of drug-likeness (QED) is 0.757. The van der Waals surface area contributed by atoms with Crippen LogP contribution < -0.4 is 5.32 Å². The molecule has 2 heterocycles. The highest BCUT2D eigenvalue weighted by Gasteiger charge is 2.46. The Morgan fingerprint density at radius 1 is 1.33 bits per heavy atom. The molecule has 3 nitrogen and oxygen atoms in total. The Bertz CT molecular complexity index is 230. The van der Waals surface area contributed by atoms with Crippen molar-refractivity contribution in [2.45, 2.75) is 56.8 Å². The molecule has 0 aromatic heterocycles. The van der Waals surface area contributed by atoms with Crippen LogP contribution >= 0.6 is 0 Å². The number of likely N-dealkylation sites (N-methyl/N-ethyl adjacent to an activating group) is 1. The molecule has 2 aliphatic heterocycles. The monoisotopic (exact) mass is 213 g/mol. The summed E-state index contributed by atoms with van der Waals surface area (Å²) in [5, 5.41) is 3.20. The Labute approximate surface area is 92.5 Å². The summed E-state index contributed by atoms with van der Waals surface area (Å²) in [7, 11) is 1.99. The lowest BCUT2D eigenvalue weighted by Crippen LogP contribution is -2.46. The highest BCUT2D eigenvalue weighted by atomic mass is 16.5. The summed E-state index contributed by atoms with van der Waals surface area (Å²) < 4.78 is 12.0. The van der Waals surface area contributed by atoms with Gasteiger partial charge in [-0.05, 0) is 40.2 Å². The lowest BCUT2D eigenvalue weighted by Gasteiger charge is -2.42. The minimum Gasteiger partial charge on any atom is -0.375 e. The van der Waals surface area contributed by atoms with E-state index in [1.165, 1.54) is 12.8 Å². The lowest BCUT2D eigenvalue weighted by atomic mass is 9.82. The summed E-state index contributed by atoms with van der Waals surface area (Å²) >= 11 is 0. The molecule has 1 spiro atoms. The molecule has 0 unspecified atom stereocenters. The SMILES string of the molecule is CNC[C@H]1CC[C@]2(CCOC(C)(C)C2)O1. The third-order valence-electron chi connectivity index (χ3n) is 3.57. The van der Waals surface area contributed by atoms with Gasteiger partial charge in [-0.15, -0.1) is 0 Å². The molecular formula is C12H23NO2. The van der Waals surface area contributed by atoms with E-state index in [1.54, 1.807) is 0 Å². The molecule has 0 aromatic carbocycles. The first-order chi connectivity index (χ1) is 7.05. The maximum atomic E-state index is 6.22. The third kappa shape index (κ3) is 2.52. The molecule has 1 N–H and O–H groups in total. The van der Waals surface area contributed by atoms with Gasteiger partial charge in [-0.2, -0.15) is 0 Å². The van der Waals surface area contributed by atoms with E-state index in [4.69, 9.17) is 9.47 Å². The number of hydrogen-bond donors (Lipinski definition) is 1. The van der Waals surface area contributed by atoms with Crippen molar-refractivity contribution >= 4 is 0 Å². The largest absolute Gasteiger partial charge is 0.375 e. The first kappa shape index (κ1) is 11.4. The van der Waals surface area contributed by atoms with Crippen LogP contribution in [0, 0.1) is 0 Å². The molecule has 2 rings (SSSR count).